The van der Waals surface area contributed by atoms with Gasteiger partial charge in [-0.1, -0.05) is 20.8 Å². The molecule has 0 amide bonds. The highest BCUT2D eigenvalue weighted by molar-refractivity contribution is 4.84. The van der Waals surface area contributed by atoms with Gasteiger partial charge in [0.2, 0.25) is 0 Å². The summed E-state index contributed by atoms with van der Waals surface area (Å²) in [6.45, 7) is 8.88. The number of ether oxygens (including phenoxy) is 1. The Balaban J connectivity index is 0.000000561. The maximum Gasteiger partial charge on any atom is 0.115 e. The van der Waals surface area contributed by atoms with Crippen LogP contribution >= 0.6 is 0 Å². The third-order valence-corrected chi connectivity index (χ3v) is 2.40. The monoisotopic (exact) mass is 176 g/mol. The highest BCUT2D eigenvalue weighted by Crippen LogP contribution is 2.31. The molecule has 1 rings (SSSR count). The third kappa shape index (κ3) is 3.10. The Bertz CT molecular complexity index is 112. The van der Waals surface area contributed by atoms with Crippen LogP contribution in [-0.4, -0.2) is 18.9 Å². The van der Waals surface area contributed by atoms with Gasteiger partial charge in [0.15, 0.2) is 0 Å². The van der Waals surface area contributed by atoms with E-state index in [9.17, 15) is 4.39 Å². The van der Waals surface area contributed by atoms with Crippen molar-refractivity contribution in [2.24, 2.45) is 5.92 Å². The number of rotatable bonds is 1. The van der Waals surface area contributed by atoms with Crippen molar-refractivity contribution in [1.29, 1.82) is 0 Å². The van der Waals surface area contributed by atoms with Gasteiger partial charge in [-0.05, 0) is 13.3 Å². The van der Waals surface area contributed by atoms with Crippen molar-refractivity contribution < 1.29 is 9.13 Å². The van der Waals surface area contributed by atoms with E-state index in [2.05, 4.69) is 0 Å². The molecule has 1 aliphatic heterocycles. The molecule has 1 fully saturated rings. The fourth-order valence-electron chi connectivity index (χ4n) is 1.42. The lowest BCUT2D eigenvalue weighted by Gasteiger charge is -2.33. The first-order valence-corrected chi connectivity index (χ1v) is 4.93. The first kappa shape index (κ1) is 11.9. The van der Waals surface area contributed by atoms with E-state index >= 15 is 0 Å². The van der Waals surface area contributed by atoms with Crippen LogP contribution in [0.1, 0.15) is 40.5 Å². The van der Waals surface area contributed by atoms with Crippen LogP contribution in [0, 0.1) is 5.92 Å². The largest absolute Gasteiger partial charge is 0.381 e. The van der Waals surface area contributed by atoms with E-state index in [0.29, 0.717) is 19.6 Å². The van der Waals surface area contributed by atoms with Gasteiger partial charge in [0, 0.05) is 18.9 Å². The summed E-state index contributed by atoms with van der Waals surface area (Å²) in [6, 6.07) is 0. The summed E-state index contributed by atoms with van der Waals surface area (Å²) in [6.07, 6.45) is 1.44. The van der Waals surface area contributed by atoms with E-state index in [0.717, 1.165) is 6.42 Å². The van der Waals surface area contributed by atoms with Crippen LogP contribution in [0.25, 0.3) is 0 Å². The van der Waals surface area contributed by atoms with E-state index in [-0.39, 0.29) is 5.92 Å². The van der Waals surface area contributed by atoms with Gasteiger partial charge >= 0.3 is 0 Å². The molecular formula is C10H21FO. The average molecular weight is 176 g/mol. The van der Waals surface area contributed by atoms with Crippen molar-refractivity contribution in [3.8, 4) is 0 Å². The van der Waals surface area contributed by atoms with Gasteiger partial charge < -0.3 is 4.74 Å². The van der Waals surface area contributed by atoms with Crippen LogP contribution in [0.2, 0.25) is 0 Å². The van der Waals surface area contributed by atoms with Crippen molar-refractivity contribution in [3.05, 3.63) is 0 Å². The quantitative estimate of drug-likeness (QED) is 0.596. The zero-order valence-corrected chi connectivity index (χ0v) is 8.69. The molecule has 0 radical (unpaired) electrons. The van der Waals surface area contributed by atoms with Crippen molar-refractivity contribution >= 4 is 0 Å². The maximum absolute atomic E-state index is 13.5. The second-order valence-corrected chi connectivity index (χ2v) is 3.21. The van der Waals surface area contributed by atoms with Crippen LogP contribution < -0.4 is 0 Å². The van der Waals surface area contributed by atoms with Gasteiger partial charge in [-0.15, -0.1) is 0 Å². The van der Waals surface area contributed by atoms with E-state index in [1.807, 2.05) is 20.8 Å². The summed E-state index contributed by atoms with van der Waals surface area (Å²) < 4.78 is 18.6. The minimum atomic E-state index is -0.979. The predicted molar refractivity (Wildman–Crippen MR) is 50.1 cm³/mol. The van der Waals surface area contributed by atoms with E-state index in [4.69, 9.17) is 4.74 Å². The number of halogens is 1. The second-order valence-electron chi connectivity index (χ2n) is 3.21. The standard InChI is InChI=1S/C8H15FO.C2H6/c1-3-7-6-10-5-4-8(7,2)9;1-2/h7H,3-6H2,1-2H3;1-2H3. The molecule has 0 aromatic rings. The summed E-state index contributed by atoms with van der Waals surface area (Å²) in [4.78, 5) is 0. The van der Waals surface area contributed by atoms with Crippen LogP contribution in [0.3, 0.4) is 0 Å². The third-order valence-electron chi connectivity index (χ3n) is 2.40. The zero-order chi connectivity index (χ0) is 9.61. The SMILES string of the molecule is CC.CCC1COCCC1(C)F. The van der Waals surface area contributed by atoms with Gasteiger partial charge in [-0.25, -0.2) is 4.39 Å². The molecule has 0 aliphatic carbocycles. The lowest BCUT2D eigenvalue weighted by atomic mass is 9.85. The molecular weight excluding hydrogens is 155 g/mol. The molecule has 12 heavy (non-hydrogen) atoms. The number of hydrogen-bond donors (Lipinski definition) is 0. The molecule has 0 bridgehead atoms. The Hall–Kier alpha value is -0.110. The Kier molecular flexibility index (Phi) is 5.47. The molecule has 0 aromatic carbocycles. The molecule has 74 valence electrons. The van der Waals surface area contributed by atoms with Crippen LogP contribution in [0.4, 0.5) is 4.39 Å². The van der Waals surface area contributed by atoms with Gasteiger partial charge in [-0.2, -0.15) is 0 Å². The Morgan fingerprint density at radius 2 is 2.08 bits per heavy atom. The maximum atomic E-state index is 13.5. The Labute approximate surface area is 75.3 Å². The van der Waals surface area contributed by atoms with Crippen molar-refractivity contribution in [2.45, 2.75) is 46.2 Å². The molecule has 0 spiro atoms. The highest BCUT2D eigenvalue weighted by atomic mass is 19.1. The van der Waals surface area contributed by atoms with Crippen LogP contribution in [0.15, 0.2) is 0 Å². The smallest absolute Gasteiger partial charge is 0.115 e. The Morgan fingerprint density at radius 3 is 2.42 bits per heavy atom. The molecule has 0 N–H and O–H groups in total. The summed E-state index contributed by atoms with van der Waals surface area (Å²) >= 11 is 0. The molecule has 1 nitrogen and oxygen atoms in total. The van der Waals surface area contributed by atoms with E-state index < -0.39 is 5.67 Å². The van der Waals surface area contributed by atoms with Crippen molar-refractivity contribution in [3.63, 3.8) is 0 Å². The predicted octanol–water partition coefficient (Wildman–Crippen LogP) is 3.19. The van der Waals surface area contributed by atoms with Gasteiger partial charge in [-0.3, -0.25) is 0 Å². The van der Waals surface area contributed by atoms with Crippen molar-refractivity contribution in [1.82, 2.24) is 0 Å². The van der Waals surface area contributed by atoms with Gasteiger partial charge in [0.1, 0.15) is 5.67 Å². The molecule has 2 atom stereocenters. The molecule has 2 unspecified atom stereocenters. The average Bonchev–Trinajstić information content (AvgIpc) is 2.07. The summed E-state index contributed by atoms with van der Waals surface area (Å²) in [5.74, 6) is 0.112. The van der Waals surface area contributed by atoms with Crippen molar-refractivity contribution in [2.75, 3.05) is 13.2 Å². The molecule has 1 aliphatic rings. The van der Waals surface area contributed by atoms with Crippen LogP contribution in [-0.2, 0) is 4.74 Å². The molecule has 1 saturated heterocycles. The fraction of sp³-hybridized carbons (Fsp3) is 1.00. The first-order chi connectivity index (χ1) is 5.67. The normalized spacial score (nSPS) is 35.2. The van der Waals surface area contributed by atoms with Crippen LogP contribution in [0.5, 0.6) is 0 Å². The minimum Gasteiger partial charge on any atom is -0.381 e. The lowest BCUT2D eigenvalue weighted by molar-refractivity contribution is -0.0528. The second kappa shape index (κ2) is 5.52. The van der Waals surface area contributed by atoms with E-state index in [1.165, 1.54) is 0 Å². The topological polar surface area (TPSA) is 9.23 Å². The Morgan fingerprint density at radius 1 is 1.50 bits per heavy atom. The minimum absolute atomic E-state index is 0.112. The summed E-state index contributed by atoms with van der Waals surface area (Å²) in [5, 5.41) is 0. The summed E-state index contributed by atoms with van der Waals surface area (Å²) in [5.41, 5.74) is -0.979. The van der Waals surface area contributed by atoms with E-state index in [1.54, 1.807) is 6.92 Å². The molecule has 1 heterocycles. The highest BCUT2D eigenvalue weighted by Gasteiger charge is 2.35. The zero-order valence-electron chi connectivity index (χ0n) is 8.69. The van der Waals surface area contributed by atoms with Gasteiger partial charge in [0.05, 0.1) is 6.61 Å². The number of hydrogen-bond acceptors (Lipinski definition) is 1. The molecule has 0 saturated carbocycles. The lowest BCUT2D eigenvalue weighted by Crippen LogP contribution is -2.38. The van der Waals surface area contributed by atoms with Gasteiger partial charge in [0.25, 0.3) is 0 Å². The number of alkyl halides is 1. The molecule has 0 aromatic heterocycles. The molecule has 2 heteroatoms. The fourth-order valence-corrected chi connectivity index (χ4v) is 1.42. The summed E-state index contributed by atoms with van der Waals surface area (Å²) in [7, 11) is 0. The first-order valence-electron chi connectivity index (χ1n) is 4.93.